The van der Waals surface area contributed by atoms with Crippen molar-refractivity contribution in [2.24, 2.45) is 0 Å². The second kappa shape index (κ2) is 14.1. The summed E-state index contributed by atoms with van der Waals surface area (Å²) in [6.07, 6.45) is 1.92. The molecule has 2 heteroatoms. The van der Waals surface area contributed by atoms with Crippen LogP contribution in [0.3, 0.4) is 0 Å². The van der Waals surface area contributed by atoms with Crippen molar-refractivity contribution in [3.05, 3.63) is 223 Å². The van der Waals surface area contributed by atoms with Crippen molar-refractivity contribution >= 4 is 64.1 Å². The molecule has 0 spiro atoms. The van der Waals surface area contributed by atoms with Crippen molar-refractivity contribution in [3.63, 3.8) is 0 Å². The lowest BCUT2D eigenvalue weighted by Crippen LogP contribution is -2.04. The number of hydrogen-bond acceptors (Lipinski definition) is 1. The van der Waals surface area contributed by atoms with Gasteiger partial charge in [-0.3, -0.25) is 0 Å². The summed E-state index contributed by atoms with van der Waals surface area (Å²) in [5, 5.41) is 7.80. The molecule has 2 heterocycles. The van der Waals surface area contributed by atoms with Crippen LogP contribution < -0.4 is 0 Å². The lowest BCUT2D eigenvalue weighted by molar-refractivity contribution is 0.717. The Kier molecular flexibility index (Phi) is 8.30. The molecule has 1 nitrogen and oxygen atoms in total. The van der Waals surface area contributed by atoms with Crippen LogP contribution in [0.5, 0.6) is 0 Å². The minimum Gasteiger partial charge on any atom is -0.309 e. The van der Waals surface area contributed by atoms with Crippen molar-refractivity contribution in [1.82, 2.24) is 4.57 Å². The van der Waals surface area contributed by atoms with Crippen molar-refractivity contribution in [2.75, 3.05) is 0 Å². The molecule has 0 N–H and O–H groups in total. The summed E-state index contributed by atoms with van der Waals surface area (Å²) < 4.78 is 5.13. The van der Waals surface area contributed by atoms with Gasteiger partial charge in [-0.15, -0.1) is 11.3 Å². The van der Waals surface area contributed by atoms with Crippen molar-refractivity contribution in [3.8, 4) is 27.9 Å². The van der Waals surface area contributed by atoms with Crippen LogP contribution in [0.15, 0.2) is 206 Å². The smallest absolute Gasteiger partial charge is 0.0547 e. The zero-order valence-corrected chi connectivity index (χ0v) is 32.3. The number of thiophene rings is 1. The summed E-state index contributed by atoms with van der Waals surface area (Å²) in [6.45, 7) is 0. The summed E-state index contributed by atoms with van der Waals surface area (Å²) in [5.74, 6) is 0.229. The number of fused-ring (bicyclic) bond motifs is 7. The highest BCUT2D eigenvalue weighted by molar-refractivity contribution is 7.25. The van der Waals surface area contributed by atoms with Gasteiger partial charge in [-0.05, 0) is 99.0 Å². The fourth-order valence-corrected chi connectivity index (χ4v) is 10.3. The van der Waals surface area contributed by atoms with E-state index >= 15 is 0 Å². The predicted octanol–water partition coefficient (Wildman–Crippen LogP) is 15.4. The van der Waals surface area contributed by atoms with Crippen molar-refractivity contribution in [2.45, 2.75) is 18.8 Å². The zero-order chi connectivity index (χ0) is 37.7. The van der Waals surface area contributed by atoms with Crippen LogP contribution >= 0.6 is 11.3 Å². The van der Waals surface area contributed by atoms with Gasteiger partial charge in [0.15, 0.2) is 0 Å². The summed E-state index contributed by atoms with van der Waals surface area (Å²) in [7, 11) is 0. The molecule has 0 bridgehead atoms. The fourth-order valence-electron chi connectivity index (χ4n) is 9.17. The van der Waals surface area contributed by atoms with Crippen LogP contribution in [-0.4, -0.2) is 4.57 Å². The average molecular weight is 746 g/mol. The van der Waals surface area contributed by atoms with Gasteiger partial charge in [0.25, 0.3) is 0 Å². The van der Waals surface area contributed by atoms with Crippen LogP contribution in [0.25, 0.3) is 80.7 Å². The van der Waals surface area contributed by atoms with E-state index in [1.807, 2.05) is 11.3 Å². The first kappa shape index (κ1) is 33.6. The van der Waals surface area contributed by atoms with Gasteiger partial charge in [0.1, 0.15) is 0 Å². The second-order valence-electron chi connectivity index (χ2n) is 15.2. The topological polar surface area (TPSA) is 4.93 Å². The molecule has 57 heavy (non-hydrogen) atoms. The summed E-state index contributed by atoms with van der Waals surface area (Å²) in [5.41, 5.74) is 12.8. The number of hydrogen-bond donors (Lipinski definition) is 0. The highest BCUT2D eigenvalue weighted by atomic mass is 32.1. The Labute approximate surface area is 336 Å². The molecular formula is C55H39NS. The van der Waals surface area contributed by atoms with Gasteiger partial charge in [0.2, 0.25) is 0 Å². The van der Waals surface area contributed by atoms with E-state index in [1.54, 1.807) is 0 Å². The Morgan fingerprint density at radius 2 is 1.02 bits per heavy atom. The number of rotatable bonds is 8. The van der Waals surface area contributed by atoms with Gasteiger partial charge in [-0.1, -0.05) is 170 Å². The third-order valence-electron chi connectivity index (χ3n) is 11.9. The van der Waals surface area contributed by atoms with Crippen LogP contribution in [0.1, 0.15) is 29.0 Å². The minimum absolute atomic E-state index is 0.229. The third-order valence-corrected chi connectivity index (χ3v) is 13.1. The van der Waals surface area contributed by atoms with E-state index in [2.05, 4.69) is 211 Å². The summed E-state index contributed by atoms with van der Waals surface area (Å²) in [6, 6.07) is 76.4. The SMILES string of the molecule is c1ccc(-c2ccc(C(CCc3ccc4ccccc4c3-c3ccc4c5ccccc5n(-c5ccccc5)c4c3)c3ccc4c(c3)sc3ccccc34)cc2)cc1. The first-order chi connectivity index (χ1) is 28.3. The molecule has 270 valence electrons. The molecule has 11 aromatic rings. The summed E-state index contributed by atoms with van der Waals surface area (Å²) in [4.78, 5) is 0. The number of para-hydroxylation sites is 2. The maximum absolute atomic E-state index is 2.47. The van der Waals surface area contributed by atoms with E-state index in [-0.39, 0.29) is 5.92 Å². The normalized spacial score (nSPS) is 12.3. The number of aromatic nitrogens is 1. The molecular weight excluding hydrogens is 707 g/mol. The molecule has 0 saturated carbocycles. The molecule has 0 aliphatic heterocycles. The van der Waals surface area contributed by atoms with Crippen LogP contribution in [0.2, 0.25) is 0 Å². The van der Waals surface area contributed by atoms with Gasteiger partial charge in [0, 0.05) is 42.6 Å². The van der Waals surface area contributed by atoms with E-state index in [9.17, 15) is 0 Å². The maximum Gasteiger partial charge on any atom is 0.0547 e. The Morgan fingerprint density at radius 1 is 0.404 bits per heavy atom. The first-order valence-corrected chi connectivity index (χ1v) is 20.7. The van der Waals surface area contributed by atoms with Gasteiger partial charge in [0.05, 0.1) is 11.0 Å². The van der Waals surface area contributed by atoms with Crippen LogP contribution in [0.4, 0.5) is 0 Å². The molecule has 11 rings (SSSR count). The lowest BCUT2D eigenvalue weighted by Gasteiger charge is -2.21. The second-order valence-corrected chi connectivity index (χ2v) is 16.3. The average Bonchev–Trinajstić information content (AvgIpc) is 3.82. The molecule has 9 aromatic carbocycles. The Bertz CT molecular complexity index is 3220. The van der Waals surface area contributed by atoms with Gasteiger partial charge in [-0.25, -0.2) is 0 Å². The van der Waals surface area contributed by atoms with Gasteiger partial charge < -0.3 is 4.57 Å². The lowest BCUT2D eigenvalue weighted by atomic mass is 9.83. The summed E-state index contributed by atoms with van der Waals surface area (Å²) >= 11 is 1.90. The first-order valence-electron chi connectivity index (χ1n) is 19.9. The molecule has 1 unspecified atom stereocenters. The monoisotopic (exact) mass is 745 g/mol. The molecule has 2 aromatic heterocycles. The van der Waals surface area contributed by atoms with E-state index in [0.29, 0.717) is 0 Å². The Balaban J connectivity index is 1.04. The molecule has 0 aliphatic carbocycles. The quantitative estimate of drug-likeness (QED) is 0.146. The van der Waals surface area contributed by atoms with E-state index in [4.69, 9.17) is 0 Å². The number of nitrogens with zero attached hydrogens (tertiary/aromatic N) is 1. The van der Waals surface area contributed by atoms with Gasteiger partial charge >= 0.3 is 0 Å². The Hall–Kier alpha value is -6.74. The fraction of sp³-hybridized carbons (Fsp3) is 0.0545. The zero-order valence-electron chi connectivity index (χ0n) is 31.5. The largest absolute Gasteiger partial charge is 0.309 e. The van der Waals surface area contributed by atoms with E-state index in [1.165, 1.54) is 97.4 Å². The van der Waals surface area contributed by atoms with Crippen molar-refractivity contribution in [1.29, 1.82) is 0 Å². The molecule has 0 fully saturated rings. The standard InChI is InChI=1S/C55H39NS/c1-3-13-37(14-4-1)38-23-25-40(26-24-38)45(42-30-34-50-49-20-10-12-22-53(49)57-54(50)36-42)32-29-41-28-27-39-15-7-8-18-46(39)55(41)43-31-33-48-47-19-9-11-21-51(47)56(52(48)35-43)44-16-5-2-6-17-44/h1-28,30-31,33-36,45H,29,32H2. The van der Waals surface area contributed by atoms with Crippen LogP contribution in [-0.2, 0) is 6.42 Å². The van der Waals surface area contributed by atoms with Gasteiger partial charge in [-0.2, -0.15) is 0 Å². The number of benzene rings is 9. The van der Waals surface area contributed by atoms with Crippen molar-refractivity contribution < 1.29 is 0 Å². The Morgan fingerprint density at radius 3 is 1.86 bits per heavy atom. The van der Waals surface area contributed by atoms with E-state index in [0.717, 1.165) is 12.8 Å². The molecule has 0 saturated heterocycles. The highest BCUT2D eigenvalue weighted by Gasteiger charge is 2.20. The van der Waals surface area contributed by atoms with Crippen LogP contribution in [0, 0.1) is 0 Å². The molecule has 0 radical (unpaired) electrons. The molecule has 0 amide bonds. The predicted molar refractivity (Wildman–Crippen MR) is 245 cm³/mol. The third kappa shape index (κ3) is 5.93. The highest BCUT2D eigenvalue weighted by Crippen LogP contribution is 2.42. The molecule has 1 atom stereocenters. The minimum atomic E-state index is 0.229. The maximum atomic E-state index is 2.47. The van der Waals surface area contributed by atoms with E-state index < -0.39 is 0 Å². The number of aryl methyl sites for hydroxylation is 1. The molecule has 0 aliphatic rings.